The minimum absolute atomic E-state index is 0. The van der Waals surface area contributed by atoms with Crippen LogP contribution in [0.4, 0.5) is 0 Å². The number of aryl methyl sites for hydroxylation is 1. The number of aromatic amines is 1. The molecule has 0 fully saturated rings. The van der Waals surface area contributed by atoms with Crippen LogP contribution in [-0.4, -0.2) is 16.9 Å². The van der Waals surface area contributed by atoms with Gasteiger partial charge in [-0.25, -0.2) is 0 Å². The first-order chi connectivity index (χ1) is 8.68. The maximum absolute atomic E-state index is 3.97. The third-order valence-electron chi connectivity index (χ3n) is 2.38. The first-order valence-electron chi connectivity index (χ1n) is 6.13. The molecule has 0 spiro atoms. The second kappa shape index (κ2) is 12.2. The fraction of sp³-hybridized carbons (Fsp3) is 0.412. The molecule has 1 aromatic rings. The van der Waals surface area contributed by atoms with Gasteiger partial charge in [0.2, 0.25) is 0 Å². The molecule has 1 N–H and O–H groups in total. The van der Waals surface area contributed by atoms with Crippen molar-refractivity contribution in [2.24, 2.45) is 9.98 Å². The Morgan fingerprint density at radius 3 is 2.00 bits per heavy atom. The van der Waals surface area contributed by atoms with Gasteiger partial charge >= 0.3 is 0 Å². The lowest BCUT2D eigenvalue weighted by molar-refractivity contribution is 1.32. The van der Waals surface area contributed by atoms with Crippen molar-refractivity contribution in [1.29, 1.82) is 0 Å². The average Bonchev–Trinajstić information content (AvgIpc) is 3.05. The van der Waals surface area contributed by atoms with E-state index in [-0.39, 0.29) is 14.9 Å². The Balaban J connectivity index is 0. The van der Waals surface area contributed by atoms with E-state index in [1.54, 1.807) is 0 Å². The normalized spacial score (nSPS) is 13.8. The molecule has 2 aliphatic rings. The highest BCUT2D eigenvalue weighted by Gasteiger charge is 1.88. The second-order valence-electron chi connectivity index (χ2n) is 4.35. The largest absolute Gasteiger partial charge is 0.367 e. The van der Waals surface area contributed by atoms with Crippen LogP contribution >= 0.6 is 0 Å². The summed E-state index contributed by atoms with van der Waals surface area (Å²) >= 11 is 0. The van der Waals surface area contributed by atoms with Crippen molar-refractivity contribution >= 4 is 11.9 Å². The van der Waals surface area contributed by atoms with Gasteiger partial charge in [-0.2, -0.15) is 0 Å². The summed E-state index contributed by atoms with van der Waals surface area (Å²) in [4.78, 5) is 10.8. The van der Waals surface area contributed by atoms with Gasteiger partial charge in [0, 0.05) is 49.6 Å². The molecule has 3 heteroatoms. The van der Waals surface area contributed by atoms with Gasteiger partial charge < -0.3 is 4.98 Å². The number of rotatable bonds is 0. The van der Waals surface area contributed by atoms with E-state index in [9.17, 15) is 0 Å². The molecule has 0 radical (unpaired) electrons. The topological polar surface area (TPSA) is 40.5 Å². The quantitative estimate of drug-likeness (QED) is 0.665. The molecule has 3 nitrogen and oxygen atoms in total. The van der Waals surface area contributed by atoms with Crippen LogP contribution in [0.2, 0.25) is 0 Å². The van der Waals surface area contributed by atoms with Crippen LogP contribution in [0.5, 0.6) is 0 Å². The Morgan fingerprint density at radius 1 is 1.10 bits per heavy atom. The monoisotopic (exact) mass is 275 g/mol. The molecule has 0 saturated heterocycles. The van der Waals surface area contributed by atoms with Crippen molar-refractivity contribution in [2.45, 2.75) is 48.5 Å². The zero-order valence-electron chi connectivity index (χ0n) is 11.4. The summed E-state index contributed by atoms with van der Waals surface area (Å²) in [6, 6.07) is 2.03. The summed E-state index contributed by atoms with van der Waals surface area (Å²) in [5.41, 5.74) is 3.86. The molecule has 1 aromatic heterocycles. The molecular formula is C17H29N3. The lowest BCUT2D eigenvalue weighted by Gasteiger charge is -1.76. The molecular weight excluding hydrogens is 246 g/mol. The molecule has 0 atom stereocenters. The average molecular weight is 275 g/mol. The maximum atomic E-state index is 3.97. The van der Waals surface area contributed by atoms with E-state index in [0.29, 0.717) is 0 Å². The van der Waals surface area contributed by atoms with Crippen LogP contribution in [0.3, 0.4) is 0 Å². The van der Waals surface area contributed by atoms with Crippen LogP contribution in [0.25, 0.3) is 0 Å². The molecule has 0 amide bonds. The van der Waals surface area contributed by atoms with E-state index in [1.165, 1.54) is 16.8 Å². The Morgan fingerprint density at radius 2 is 1.85 bits per heavy atom. The first-order valence-corrected chi connectivity index (χ1v) is 6.13. The van der Waals surface area contributed by atoms with E-state index >= 15 is 0 Å². The summed E-state index contributed by atoms with van der Waals surface area (Å²) in [5.74, 6) is 0. The van der Waals surface area contributed by atoms with Crippen molar-refractivity contribution in [3.8, 4) is 0 Å². The third kappa shape index (κ3) is 10.1. The number of hydrogen-bond acceptors (Lipinski definition) is 2. The van der Waals surface area contributed by atoms with Gasteiger partial charge in [-0.15, -0.1) is 0 Å². The number of nitrogens with one attached hydrogen (secondary N) is 1. The predicted octanol–water partition coefficient (Wildman–Crippen LogP) is 5.32. The molecule has 0 saturated carbocycles. The molecule has 3 rings (SSSR count). The predicted molar refractivity (Wildman–Crippen MR) is 92.7 cm³/mol. The Labute approximate surface area is 124 Å². The van der Waals surface area contributed by atoms with Gasteiger partial charge in [0.05, 0.1) is 0 Å². The van der Waals surface area contributed by atoms with Crippen molar-refractivity contribution in [1.82, 2.24) is 4.98 Å². The van der Waals surface area contributed by atoms with Crippen LogP contribution in [-0.2, 0) is 0 Å². The number of aliphatic imine (C=N–C) groups is 2. The Hall–Kier alpha value is -1.90. The van der Waals surface area contributed by atoms with Gasteiger partial charge in [-0.05, 0) is 38.0 Å². The van der Waals surface area contributed by atoms with Crippen LogP contribution < -0.4 is 0 Å². The molecule has 0 aliphatic carbocycles. The van der Waals surface area contributed by atoms with Crippen LogP contribution in [0.1, 0.15) is 47.1 Å². The van der Waals surface area contributed by atoms with Gasteiger partial charge in [0.1, 0.15) is 0 Å². The van der Waals surface area contributed by atoms with Crippen LogP contribution in [0, 0.1) is 6.92 Å². The minimum atomic E-state index is 0. The van der Waals surface area contributed by atoms with Gasteiger partial charge in [-0.3, -0.25) is 9.98 Å². The van der Waals surface area contributed by atoms with Gasteiger partial charge in [-0.1, -0.05) is 20.9 Å². The fourth-order valence-corrected chi connectivity index (χ4v) is 1.29. The summed E-state index contributed by atoms with van der Waals surface area (Å²) in [6.45, 7) is 6.16. The highest BCUT2D eigenvalue weighted by Crippen LogP contribution is 2.02. The number of hydrogen-bond donors (Lipinski definition) is 1. The molecule has 0 unspecified atom stereocenters. The fourth-order valence-electron chi connectivity index (χ4n) is 1.29. The standard InChI is InChI=1S/3C5H7N.2CH4/c2*1-5-2-3-6-4-5;1-5-3-2-4-6-5;;/h3-4H,2H2,1H3;2-4,6H,1H3;2,4H,3H2,1H3;2*1H4. The Bertz CT molecular complexity index is 421. The highest BCUT2D eigenvalue weighted by atomic mass is 14.7. The lowest BCUT2D eigenvalue weighted by atomic mass is 10.3. The lowest BCUT2D eigenvalue weighted by Crippen LogP contribution is -1.78. The molecule has 0 bridgehead atoms. The zero-order valence-corrected chi connectivity index (χ0v) is 11.4. The van der Waals surface area contributed by atoms with E-state index in [0.717, 1.165) is 12.8 Å². The SMILES string of the molecule is C.C.CC1=CN=CC1.CC1=NC=CC1.Cc1cc[nH]c1. The van der Waals surface area contributed by atoms with Crippen molar-refractivity contribution in [2.75, 3.05) is 0 Å². The molecule has 3 heterocycles. The molecule has 20 heavy (non-hydrogen) atoms. The number of nitrogens with zero attached hydrogens (tertiary/aromatic N) is 2. The van der Waals surface area contributed by atoms with E-state index in [2.05, 4.69) is 34.9 Å². The van der Waals surface area contributed by atoms with E-state index < -0.39 is 0 Å². The molecule has 0 aromatic carbocycles. The van der Waals surface area contributed by atoms with E-state index in [4.69, 9.17) is 0 Å². The van der Waals surface area contributed by atoms with E-state index in [1.807, 2.05) is 44.0 Å². The Kier molecular flexibility index (Phi) is 12.4. The number of allylic oxidation sites excluding steroid dienone is 2. The van der Waals surface area contributed by atoms with Crippen molar-refractivity contribution < 1.29 is 0 Å². The first kappa shape index (κ1) is 20.4. The summed E-state index contributed by atoms with van der Waals surface area (Å²) < 4.78 is 0. The minimum Gasteiger partial charge on any atom is -0.367 e. The van der Waals surface area contributed by atoms with Gasteiger partial charge in [0.25, 0.3) is 0 Å². The molecule has 2 aliphatic heterocycles. The van der Waals surface area contributed by atoms with Crippen molar-refractivity contribution in [3.05, 3.63) is 48.1 Å². The third-order valence-corrected chi connectivity index (χ3v) is 2.38. The van der Waals surface area contributed by atoms with Gasteiger partial charge in [0.15, 0.2) is 0 Å². The zero-order chi connectivity index (χ0) is 13.2. The summed E-state index contributed by atoms with van der Waals surface area (Å²) in [7, 11) is 0. The van der Waals surface area contributed by atoms with Crippen LogP contribution in [0.15, 0.2) is 52.5 Å². The summed E-state index contributed by atoms with van der Waals surface area (Å²) in [5, 5.41) is 0. The number of H-pyrrole nitrogens is 1. The second-order valence-corrected chi connectivity index (χ2v) is 4.35. The van der Waals surface area contributed by atoms with Crippen molar-refractivity contribution in [3.63, 3.8) is 0 Å². The smallest absolute Gasteiger partial charge is 0.0256 e. The molecule has 112 valence electrons. The highest BCUT2D eigenvalue weighted by molar-refractivity contribution is 5.85. The summed E-state index contributed by atoms with van der Waals surface area (Å²) in [6.07, 6.45) is 13.7. The number of aromatic nitrogens is 1. The maximum Gasteiger partial charge on any atom is 0.0256 e.